The van der Waals surface area contributed by atoms with Gasteiger partial charge in [0, 0.05) is 31.4 Å². The van der Waals surface area contributed by atoms with Gasteiger partial charge in [0.05, 0.1) is 0 Å². The molecule has 2 nitrogen and oxygen atoms in total. The Kier molecular flexibility index (Phi) is 4.06. The van der Waals surface area contributed by atoms with Crippen molar-refractivity contribution in [3.05, 3.63) is 29.8 Å². The molecule has 1 atom stereocenters. The Balaban J connectivity index is 1.99. The van der Waals surface area contributed by atoms with E-state index in [-0.39, 0.29) is 0 Å². The topological polar surface area (TPSA) is 15.3 Å². The maximum absolute atomic E-state index is 3.62. The molecule has 1 N–H and O–H groups in total. The van der Waals surface area contributed by atoms with E-state index in [0.29, 0.717) is 6.04 Å². The lowest BCUT2D eigenvalue weighted by Crippen LogP contribution is -2.51. The number of nitrogens with zero attached hydrogens (tertiary/aromatic N) is 1. The van der Waals surface area contributed by atoms with Gasteiger partial charge in [-0.25, -0.2) is 0 Å². The molecule has 1 aliphatic rings. The average molecular weight is 232 g/mol. The molecule has 94 valence electrons. The molecule has 0 amide bonds. The second-order valence-electron chi connectivity index (χ2n) is 5.56. The second-order valence-corrected chi connectivity index (χ2v) is 5.56. The molecule has 1 aromatic rings. The molecule has 1 aromatic carbocycles. The summed E-state index contributed by atoms with van der Waals surface area (Å²) in [5.74, 6) is 0.769. The van der Waals surface area contributed by atoms with Crippen LogP contribution in [0.15, 0.2) is 24.3 Å². The highest BCUT2D eigenvalue weighted by atomic mass is 15.2. The molecule has 17 heavy (non-hydrogen) atoms. The van der Waals surface area contributed by atoms with E-state index in [2.05, 4.69) is 55.3 Å². The Morgan fingerprint density at radius 1 is 1.29 bits per heavy atom. The maximum atomic E-state index is 3.62. The van der Waals surface area contributed by atoms with Crippen LogP contribution >= 0.6 is 0 Å². The molecule has 1 saturated heterocycles. The number of anilines is 1. The smallest absolute Gasteiger partial charge is 0.0367 e. The fourth-order valence-corrected chi connectivity index (χ4v) is 2.54. The van der Waals surface area contributed by atoms with Crippen LogP contribution in [0.5, 0.6) is 0 Å². The van der Waals surface area contributed by atoms with Crippen molar-refractivity contribution in [2.24, 2.45) is 5.92 Å². The van der Waals surface area contributed by atoms with Gasteiger partial charge in [0.25, 0.3) is 0 Å². The van der Waals surface area contributed by atoms with Crippen LogP contribution in [-0.2, 0) is 0 Å². The molecule has 0 radical (unpaired) electrons. The first kappa shape index (κ1) is 12.4. The first-order valence-corrected chi connectivity index (χ1v) is 6.70. The SMILES string of the molecule is Cc1ccc(N2CCNC(CC(C)C)C2)cc1. The third kappa shape index (κ3) is 3.47. The predicted octanol–water partition coefficient (Wildman–Crippen LogP) is 2.82. The average Bonchev–Trinajstić information content (AvgIpc) is 2.29. The van der Waals surface area contributed by atoms with Crippen LogP contribution in [0.25, 0.3) is 0 Å². The van der Waals surface area contributed by atoms with Gasteiger partial charge in [-0.3, -0.25) is 0 Å². The first-order chi connectivity index (χ1) is 8.15. The molecular weight excluding hydrogens is 208 g/mol. The van der Waals surface area contributed by atoms with E-state index >= 15 is 0 Å². The zero-order chi connectivity index (χ0) is 12.3. The fourth-order valence-electron chi connectivity index (χ4n) is 2.54. The molecule has 0 aliphatic carbocycles. The first-order valence-electron chi connectivity index (χ1n) is 6.70. The number of benzene rings is 1. The van der Waals surface area contributed by atoms with Crippen molar-refractivity contribution >= 4 is 5.69 Å². The highest BCUT2D eigenvalue weighted by Gasteiger charge is 2.19. The van der Waals surface area contributed by atoms with Gasteiger partial charge in [0.1, 0.15) is 0 Å². The second kappa shape index (κ2) is 5.54. The Morgan fingerprint density at radius 2 is 2.00 bits per heavy atom. The summed E-state index contributed by atoms with van der Waals surface area (Å²) in [5, 5.41) is 3.62. The lowest BCUT2D eigenvalue weighted by Gasteiger charge is -2.36. The molecule has 2 rings (SSSR count). The van der Waals surface area contributed by atoms with Crippen molar-refractivity contribution < 1.29 is 0 Å². The van der Waals surface area contributed by atoms with Crippen LogP contribution in [0.4, 0.5) is 5.69 Å². The standard InChI is InChI=1S/C15H24N2/c1-12(2)10-14-11-17(9-8-16-14)15-6-4-13(3)5-7-15/h4-7,12,14,16H,8-11H2,1-3H3. The fraction of sp³-hybridized carbons (Fsp3) is 0.600. The molecule has 0 spiro atoms. The van der Waals surface area contributed by atoms with Gasteiger partial charge in [-0.05, 0) is 31.4 Å². The lowest BCUT2D eigenvalue weighted by molar-refractivity contribution is 0.388. The van der Waals surface area contributed by atoms with Crippen LogP contribution in [0.1, 0.15) is 25.8 Å². The zero-order valence-electron chi connectivity index (χ0n) is 11.2. The number of piperazine rings is 1. The van der Waals surface area contributed by atoms with Crippen LogP contribution in [0.2, 0.25) is 0 Å². The number of hydrogen-bond acceptors (Lipinski definition) is 2. The summed E-state index contributed by atoms with van der Waals surface area (Å²) in [6, 6.07) is 9.54. The van der Waals surface area contributed by atoms with Gasteiger partial charge in [-0.15, -0.1) is 0 Å². The molecule has 0 aromatic heterocycles. The molecule has 1 unspecified atom stereocenters. The minimum Gasteiger partial charge on any atom is -0.369 e. The Bertz CT molecular complexity index is 342. The monoisotopic (exact) mass is 232 g/mol. The molecule has 0 bridgehead atoms. The van der Waals surface area contributed by atoms with Crippen molar-refractivity contribution in [2.75, 3.05) is 24.5 Å². The summed E-state index contributed by atoms with van der Waals surface area (Å²) in [6.45, 7) is 10.1. The molecular formula is C15H24N2. The molecule has 1 heterocycles. The lowest BCUT2D eigenvalue weighted by atomic mass is 10.0. The van der Waals surface area contributed by atoms with Gasteiger partial charge < -0.3 is 10.2 Å². The number of aryl methyl sites for hydroxylation is 1. The highest BCUT2D eigenvalue weighted by Crippen LogP contribution is 2.18. The minimum absolute atomic E-state index is 0.644. The van der Waals surface area contributed by atoms with Gasteiger partial charge >= 0.3 is 0 Å². The van der Waals surface area contributed by atoms with Gasteiger partial charge in [-0.2, -0.15) is 0 Å². The van der Waals surface area contributed by atoms with Crippen LogP contribution in [-0.4, -0.2) is 25.7 Å². The van der Waals surface area contributed by atoms with Crippen molar-refractivity contribution in [3.8, 4) is 0 Å². The summed E-state index contributed by atoms with van der Waals surface area (Å²) in [7, 11) is 0. The number of nitrogens with one attached hydrogen (secondary N) is 1. The van der Waals surface area contributed by atoms with Crippen molar-refractivity contribution in [3.63, 3.8) is 0 Å². The summed E-state index contributed by atoms with van der Waals surface area (Å²) in [6.07, 6.45) is 1.27. The maximum Gasteiger partial charge on any atom is 0.0367 e. The van der Waals surface area contributed by atoms with Crippen molar-refractivity contribution in [1.29, 1.82) is 0 Å². The number of rotatable bonds is 3. The summed E-state index contributed by atoms with van der Waals surface area (Å²) >= 11 is 0. The molecule has 0 saturated carbocycles. The number of hydrogen-bond donors (Lipinski definition) is 1. The Labute approximate surface area is 105 Å². The Hall–Kier alpha value is -1.02. The minimum atomic E-state index is 0.644. The van der Waals surface area contributed by atoms with Crippen LogP contribution < -0.4 is 10.2 Å². The van der Waals surface area contributed by atoms with E-state index in [0.717, 1.165) is 25.6 Å². The molecule has 2 heteroatoms. The van der Waals surface area contributed by atoms with E-state index in [1.165, 1.54) is 17.7 Å². The van der Waals surface area contributed by atoms with Gasteiger partial charge in [0.2, 0.25) is 0 Å². The van der Waals surface area contributed by atoms with Crippen molar-refractivity contribution in [1.82, 2.24) is 5.32 Å². The third-order valence-corrected chi connectivity index (χ3v) is 3.41. The Morgan fingerprint density at radius 3 is 2.65 bits per heavy atom. The van der Waals surface area contributed by atoms with Gasteiger partial charge in [-0.1, -0.05) is 31.5 Å². The highest BCUT2D eigenvalue weighted by molar-refractivity contribution is 5.48. The van der Waals surface area contributed by atoms with E-state index in [4.69, 9.17) is 0 Å². The summed E-state index contributed by atoms with van der Waals surface area (Å²) < 4.78 is 0. The largest absolute Gasteiger partial charge is 0.369 e. The van der Waals surface area contributed by atoms with Crippen LogP contribution in [0, 0.1) is 12.8 Å². The van der Waals surface area contributed by atoms with E-state index in [9.17, 15) is 0 Å². The van der Waals surface area contributed by atoms with Crippen molar-refractivity contribution in [2.45, 2.75) is 33.2 Å². The summed E-state index contributed by atoms with van der Waals surface area (Å²) in [4.78, 5) is 2.50. The predicted molar refractivity (Wildman–Crippen MR) is 74.6 cm³/mol. The van der Waals surface area contributed by atoms with E-state index in [1.54, 1.807) is 0 Å². The molecule has 1 fully saturated rings. The van der Waals surface area contributed by atoms with E-state index in [1.807, 2.05) is 0 Å². The quantitative estimate of drug-likeness (QED) is 0.862. The normalized spacial score (nSPS) is 20.9. The third-order valence-electron chi connectivity index (χ3n) is 3.41. The van der Waals surface area contributed by atoms with Crippen LogP contribution in [0.3, 0.4) is 0 Å². The molecule has 1 aliphatic heterocycles. The van der Waals surface area contributed by atoms with E-state index < -0.39 is 0 Å². The van der Waals surface area contributed by atoms with Gasteiger partial charge in [0.15, 0.2) is 0 Å². The zero-order valence-corrected chi connectivity index (χ0v) is 11.2. The summed E-state index contributed by atoms with van der Waals surface area (Å²) in [5.41, 5.74) is 2.70.